The topological polar surface area (TPSA) is 52.6 Å². The van der Waals surface area contributed by atoms with Crippen LogP contribution in [0, 0.1) is 5.92 Å². The first kappa shape index (κ1) is 18.4. The molecule has 2 N–H and O–H groups in total. The van der Waals surface area contributed by atoms with E-state index in [1.807, 2.05) is 20.8 Å². The van der Waals surface area contributed by atoms with Crippen molar-refractivity contribution in [2.24, 2.45) is 5.92 Å². The molecule has 4 atom stereocenters. The van der Waals surface area contributed by atoms with E-state index in [2.05, 4.69) is 31.1 Å². The highest BCUT2D eigenvalue weighted by Crippen LogP contribution is 2.29. The molecule has 1 aliphatic rings. The monoisotopic (exact) mass is 298 g/mol. The molecule has 0 radical (unpaired) electrons. The Balaban J connectivity index is 2.67. The predicted molar refractivity (Wildman–Crippen MR) is 87.6 cm³/mol. The molecule has 21 heavy (non-hydrogen) atoms. The summed E-state index contributed by atoms with van der Waals surface area (Å²) in [5, 5.41) is 12.8. The molecule has 1 fully saturated rings. The quantitative estimate of drug-likeness (QED) is 0.758. The van der Waals surface area contributed by atoms with E-state index in [1.54, 1.807) is 0 Å². The van der Waals surface area contributed by atoms with Crippen molar-refractivity contribution in [3.8, 4) is 0 Å². The summed E-state index contributed by atoms with van der Waals surface area (Å²) in [5.41, 5.74) is -0.859. The summed E-state index contributed by atoms with van der Waals surface area (Å²) in [4.78, 5) is 14.1. The maximum atomic E-state index is 11.7. The van der Waals surface area contributed by atoms with E-state index >= 15 is 0 Å². The molecule has 4 heteroatoms. The summed E-state index contributed by atoms with van der Waals surface area (Å²) in [6.07, 6.45) is 5.74. The maximum absolute atomic E-state index is 11.7. The van der Waals surface area contributed by atoms with Crippen LogP contribution < -0.4 is 5.32 Å². The molecule has 4 unspecified atom stereocenters. The van der Waals surface area contributed by atoms with Crippen LogP contribution in [0.4, 0.5) is 0 Å². The van der Waals surface area contributed by atoms with Gasteiger partial charge >= 0.3 is 5.97 Å². The first-order chi connectivity index (χ1) is 9.65. The zero-order chi connectivity index (χ0) is 16.2. The van der Waals surface area contributed by atoms with Gasteiger partial charge in [0.2, 0.25) is 0 Å². The Labute approximate surface area is 130 Å². The largest absolute Gasteiger partial charge is 0.480 e. The molecule has 124 valence electrons. The second kappa shape index (κ2) is 7.59. The second-order valence-electron chi connectivity index (χ2n) is 7.58. The summed E-state index contributed by atoms with van der Waals surface area (Å²) < 4.78 is 0. The number of carboxylic acids is 1. The standard InChI is InChI=1S/C17H34N2O2/c1-12(2)18-17(5,16(20)21)11-14(4)19(6)15-9-7-8-13(3)10-15/h12-15,18H,7-11H2,1-6H3,(H,20,21). The Morgan fingerprint density at radius 2 is 2.00 bits per heavy atom. The van der Waals surface area contributed by atoms with Crippen LogP contribution in [-0.4, -0.2) is 46.7 Å². The fraction of sp³-hybridized carbons (Fsp3) is 0.941. The highest BCUT2D eigenvalue weighted by Gasteiger charge is 2.37. The van der Waals surface area contributed by atoms with Crippen molar-refractivity contribution in [1.82, 2.24) is 10.2 Å². The number of nitrogens with one attached hydrogen (secondary N) is 1. The molecular weight excluding hydrogens is 264 g/mol. The van der Waals surface area contributed by atoms with Gasteiger partial charge in [-0.2, -0.15) is 0 Å². The highest BCUT2D eigenvalue weighted by molar-refractivity contribution is 5.78. The van der Waals surface area contributed by atoms with Crippen molar-refractivity contribution < 1.29 is 9.90 Å². The van der Waals surface area contributed by atoms with Crippen LogP contribution in [0.15, 0.2) is 0 Å². The maximum Gasteiger partial charge on any atom is 0.323 e. The van der Waals surface area contributed by atoms with Gasteiger partial charge in [0.25, 0.3) is 0 Å². The van der Waals surface area contributed by atoms with Gasteiger partial charge in [0, 0.05) is 18.1 Å². The molecule has 0 saturated heterocycles. The molecule has 0 bridgehead atoms. The molecule has 0 amide bonds. The van der Waals surface area contributed by atoms with Crippen LogP contribution in [-0.2, 0) is 4.79 Å². The lowest BCUT2D eigenvalue weighted by molar-refractivity contribution is -0.145. The number of carbonyl (C=O) groups is 1. The van der Waals surface area contributed by atoms with Crippen LogP contribution in [0.3, 0.4) is 0 Å². The number of carboxylic acid groups (broad SMARTS) is 1. The molecular formula is C17H34N2O2. The normalized spacial score (nSPS) is 27.6. The molecule has 0 aliphatic heterocycles. The van der Waals surface area contributed by atoms with Gasteiger partial charge in [-0.1, -0.05) is 19.8 Å². The third-order valence-electron chi connectivity index (χ3n) is 4.96. The fourth-order valence-corrected chi connectivity index (χ4v) is 3.71. The molecule has 0 aromatic carbocycles. The van der Waals surface area contributed by atoms with Crippen LogP contribution >= 0.6 is 0 Å². The van der Waals surface area contributed by atoms with Gasteiger partial charge in [-0.25, -0.2) is 0 Å². The predicted octanol–water partition coefficient (Wildman–Crippen LogP) is 3.12. The van der Waals surface area contributed by atoms with Crippen molar-refractivity contribution in [3.05, 3.63) is 0 Å². The minimum absolute atomic E-state index is 0.165. The summed E-state index contributed by atoms with van der Waals surface area (Å²) in [6.45, 7) is 10.3. The molecule has 4 nitrogen and oxygen atoms in total. The van der Waals surface area contributed by atoms with Crippen molar-refractivity contribution in [3.63, 3.8) is 0 Å². The SMILES string of the molecule is CC1CCCC(N(C)C(C)CC(C)(NC(C)C)C(=O)O)C1. The Bertz CT molecular complexity index is 346. The second-order valence-corrected chi connectivity index (χ2v) is 7.58. The molecule has 1 rings (SSSR count). The lowest BCUT2D eigenvalue weighted by atomic mass is 9.84. The fourth-order valence-electron chi connectivity index (χ4n) is 3.71. The lowest BCUT2D eigenvalue weighted by Crippen LogP contribution is -2.56. The Morgan fingerprint density at radius 3 is 2.48 bits per heavy atom. The van der Waals surface area contributed by atoms with Gasteiger partial charge in [0.15, 0.2) is 0 Å². The first-order valence-corrected chi connectivity index (χ1v) is 8.38. The van der Waals surface area contributed by atoms with Crippen LogP contribution in [0.25, 0.3) is 0 Å². The van der Waals surface area contributed by atoms with E-state index in [0.717, 1.165) is 5.92 Å². The van der Waals surface area contributed by atoms with E-state index in [9.17, 15) is 9.90 Å². The van der Waals surface area contributed by atoms with Crippen molar-refractivity contribution in [1.29, 1.82) is 0 Å². The van der Waals surface area contributed by atoms with Crippen molar-refractivity contribution >= 4 is 5.97 Å². The van der Waals surface area contributed by atoms with Crippen molar-refractivity contribution in [2.75, 3.05) is 7.05 Å². The highest BCUT2D eigenvalue weighted by atomic mass is 16.4. The van der Waals surface area contributed by atoms with Crippen LogP contribution in [0.2, 0.25) is 0 Å². The third kappa shape index (κ3) is 5.26. The van der Waals surface area contributed by atoms with Gasteiger partial charge in [-0.15, -0.1) is 0 Å². The van der Waals surface area contributed by atoms with E-state index in [0.29, 0.717) is 12.5 Å². The Kier molecular flexibility index (Phi) is 6.67. The summed E-state index contributed by atoms with van der Waals surface area (Å²) in [5.74, 6) is 0.0338. The third-order valence-corrected chi connectivity index (χ3v) is 4.96. The summed E-state index contributed by atoms with van der Waals surface area (Å²) >= 11 is 0. The minimum Gasteiger partial charge on any atom is -0.480 e. The molecule has 0 spiro atoms. The summed E-state index contributed by atoms with van der Waals surface area (Å²) in [7, 11) is 2.16. The van der Waals surface area contributed by atoms with Crippen LogP contribution in [0.5, 0.6) is 0 Å². The smallest absolute Gasteiger partial charge is 0.323 e. The number of hydrogen-bond donors (Lipinski definition) is 2. The van der Waals surface area contributed by atoms with E-state index < -0.39 is 11.5 Å². The first-order valence-electron chi connectivity index (χ1n) is 8.38. The number of rotatable bonds is 7. The molecule has 0 aromatic heterocycles. The Hall–Kier alpha value is -0.610. The minimum atomic E-state index is -0.859. The average molecular weight is 298 g/mol. The zero-order valence-electron chi connectivity index (χ0n) is 14.6. The van der Waals surface area contributed by atoms with Gasteiger partial charge < -0.3 is 10.0 Å². The Morgan fingerprint density at radius 1 is 1.38 bits per heavy atom. The number of aliphatic carboxylic acids is 1. The van der Waals surface area contributed by atoms with E-state index in [4.69, 9.17) is 0 Å². The van der Waals surface area contributed by atoms with Gasteiger partial charge in [0.05, 0.1) is 0 Å². The molecule has 0 aromatic rings. The number of nitrogens with zero attached hydrogens (tertiary/aromatic N) is 1. The van der Waals surface area contributed by atoms with E-state index in [-0.39, 0.29) is 12.1 Å². The number of hydrogen-bond acceptors (Lipinski definition) is 3. The molecule has 0 heterocycles. The average Bonchev–Trinajstić information content (AvgIpc) is 2.36. The molecule has 1 saturated carbocycles. The summed E-state index contributed by atoms with van der Waals surface area (Å²) in [6, 6.07) is 1.02. The van der Waals surface area contributed by atoms with E-state index in [1.165, 1.54) is 25.7 Å². The van der Waals surface area contributed by atoms with Gasteiger partial charge in [0.1, 0.15) is 5.54 Å². The van der Waals surface area contributed by atoms with Gasteiger partial charge in [-0.05, 0) is 59.9 Å². The van der Waals surface area contributed by atoms with Gasteiger partial charge in [-0.3, -0.25) is 10.1 Å². The van der Waals surface area contributed by atoms with Crippen LogP contribution in [0.1, 0.15) is 66.7 Å². The van der Waals surface area contributed by atoms with Crippen molar-refractivity contribution in [2.45, 2.75) is 90.4 Å². The zero-order valence-corrected chi connectivity index (χ0v) is 14.6. The molecule has 1 aliphatic carbocycles. The lowest BCUT2D eigenvalue weighted by Gasteiger charge is -2.40.